The molecular weight excluding hydrogens is 496 g/mol. The number of ketones is 3. The molecule has 4 rings (SSSR count). The molecule has 5 heteroatoms. The van der Waals surface area contributed by atoms with Crippen molar-refractivity contribution >= 4 is 49.2 Å². The van der Waals surface area contributed by atoms with Gasteiger partial charge in [-0.05, 0) is 5.56 Å². The lowest BCUT2D eigenvalue weighted by Gasteiger charge is -2.33. The van der Waals surface area contributed by atoms with Crippen molar-refractivity contribution in [3.8, 4) is 0 Å². The van der Waals surface area contributed by atoms with Crippen LogP contribution in [0.15, 0.2) is 84.9 Å². The second kappa shape index (κ2) is 7.81. The zero-order chi connectivity index (χ0) is 20.6. The molecule has 144 valence electrons. The summed E-state index contributed by atoms with van der Waals surface area (Å²) in [5.41, 5.74) is 2.00. The van der Waals surface area contributed by atoms with Crippen molar-refractivity contribution in [1.82, 2.24) is 0 Å². The summed E-state index contributed by atoms with van der Waals surface area (Å²) < 4.78 is -1.56. The molecule has 29 heavy (non-hydrogen) atoms. The molecule has 1 aliphatic carbocycles. The highest BCUT2D eigenvalue weighted by Gasteiger charge is 2.59. The molecule has 0 aliphatic heterocycles. The van der Waals surface area contributed by atoms with Gasteiger partial charge >= 0.3 is 0 Å². The number of halogens is 2. The van der Waals surface area contributed by atoms with Gasteiger partial charge in [0.05, 0.1) is 4.83 Å². The van der Waals surface area contributed by atoms with Gasteiger partial charge in [0.15, 0.2) is 21.7 Å². The Morgan fingerprint density at radius 3 is 1.69 bits per heavy atom. The maximum atomic E-state index is 13.4. The van der Waals surface area contributed by atoms with E-state index in [1.54, 1.807) is 48.5 Å². The van der Waals surface area contributed by atoms with Crippen LogP contribution < -0.4 is 0 Å². The zero-order valence-corrected chi connectivity index (χ0v) is 18.4. The number of hydrogen-bond donors (Lipinski definition) is 0. The van der Waals surface area contributed by atoms with E-state index in [0.717, 1.165) is 5.56 Å². The SMILES string of the molecule is O=C(c1ccccc1)C(Br)C(c1ccccc1)C1(Br)C(=O)c2ccccc2C1=O. The summed E-state index contributed by atoms with van der Waals surface area (Å²) in [6.45, 7) is 0. The first-order valence-corrected chi connectivity index (χ1v) is 10.8. The van der Waals surface area contributed by atoms with Gasteiger partial charge in [-0.15, -0.1) is 0 Å². The van der Waals surface area contributed by atoms with Crippen molar-refractivity contribution in [2.45, 2.75) is 15.1 Å². The molecule has 1 aliphatic rings. The number of hydrogen-bond acceptors (Lipinski definition) is 3. The van der Waals surface area contributed by atoms with Gasteiger partial charge in [0.2, 0.25) is 0 Å². The highest BCUT2D eigenvalue weighted by molar-refractivity contribution is 9.11. The van der Waals surface area contributed by atoms with Crippen LogP contribution in [-0.2, 0) is 0 Å². The molecule has 3 aromatic rings. The van der Waals surface area contributed by atoms with Crippen molar-refractivity contribution in [3.05, 3.63) is 107 Å². The molecule has 0 heterocycles. The maximum Gasteiger partial charge on any atom is 0.188 e. The van der Waals surface area contributed by atoms with E-state index < -0.39 is 15.1 Å². The van der Waals surface area contributed by atoms with E-state index in [2.05, 4.69) is 31.9 Å². The largest absolute Gasteiger partial charge is 0.293 e. The number of benzene rings is 3. The molecule has 0 radical (unpaired) electrons. The van der Waals surface area contributed by atoms with Gasteiger partial charge in [-0.1, -0.05) is 117 Å². The van der Waals surface area contributed by atoms with Crippen LogP contribution in [0, 0.1) is 0 Å². The van der Waals surface area contributed by atoms with Crippen LogP contribution in [0.2, 0.25) is 0 Å². The summed E-state index contributed by atoms with van der Waals surface area (Å²) >= 11 is 7.07. The zero-order valence-electron chi connectivity index (χ0n) is 15.2. The van der Waals surface area contributed by atoms with E-state index in [0.29, 0.717) is 16.7 Å². The van der Waals surface area contributed by atoms with Crippen molar-refractivity contribution < 1.29 is 14.4 Å². The van der Waals surface area contributed by atoms with E-state index in [1.165, 1.54) is 0 Å². The van der Waals surface area contributed by atoms with Gasteiger partial charge in [0.1, 0.15) is 0 Å². The van der Waals surface area contributed by atoms with E-state index in [9.17, 15) is 14.4 Å². The lowest BCUT2D eigenvalue weighted by molar-refractivity contribution is 0.0844. The molecule has 0 N–H and O–H groups in total. The lowest BCUT2D eigenvalue weighted by Crippen LogP contribution is -2.46. The van der Waals surface area contributed by atoms with Gasteiger partial charge < -0.3 is 0 Å². The standard InChI is InChI=1S/C24H16Br2O3/c25-20(21(27)16-11-5-2-6-12-16)19(15-9-3-1-4-10-15)24(26)22(28)17-13-7-8-14-18(17)23(24)29/h1-14,19-20H. The fourth-order valence-corrected chi connectivity index (χ4v) is 6.11. The van der Waals surface area contributed by atoms with Gasteiger partial charge in [-0.25, -0.2) is 0 Å². The van der Waals surface area contributed by atoms with Gasteiger partial charge in [0.25, 0.3) is 0 Å². The number of carbonyl (C=O) groups excluding carboxylic acids is 3. The third kappa shape index (κ3) is 3.22. The van der Waals surface area contributed by atoms with E-state index in [1.807, 2.05) is 36.4 Å². The Kier molecular flexibility index (Phi) is 5.36. The summed E-state index contributed by atoms with van der Waals surface area (Å²) in [7, 11) is 0. The number of carbonyl (C=O) groups is 3. The minimum atomic E-state index is -1.56. The van der Waals surface area contributed by atoms with Crippen LogP contribution in [0.3, 0.4) is 0 Å². The molecular formula is C24H16Br2O3. The molecule has 2 atom stereocenters. The molecule has 3 nitrogen and oxygen atoms in total. The first kappa shape index (κ1) is 19.9. The van der Waals surface area contributed by atoms with Gasteiger partial charge in [-0.2, -0.15) is 0 Å². The second-order valence-corrected chi connectivity index (χ2v) is 9.17. The van der Waals surface area contributed by atoms with Crippen LogP contribution in [0.1, 0.15) is 42.6 Å². The molecule has 0 saturated heterocycles. The van der Waals surface area contributed by atoms with E-state index >= 15 is 0 Å². The molecule has 2 unspecified atom stereocenters. The fourth-order valence-electron chi connectivity index (χ4n) is 3.83. The highest BCUT2D eigenvalue weighted by Crippen LogP contribution is 2.49. The predicted molar refractivity (Wildman–Crippen MR) is 119 cm³/mol. The molecule has 0 saturated carbocycles. The summed E-state index contributed by atoms with van der Waals surface area (Å²) in [5, 5.41) is 0. The molecule has 0 amide bonds. The minimum absolute atomic E-state index is 0.185. The van der Waals surface area contributed by atoms with E-state index in [4.69, 9.17) is 0 Å². The summed E-state index contributed by atoms with van der Waals surface area (Å²) in [4.78, 5) is 39.3. The van der Waals surface area contributed by atoms with E-state index in [-0.39, 0.29) is 17.3 Å². The van der Waals surface area contributed by atoms with Crippen molar-refractivity contribution in [2.75, 3.05) is 0 Å². The van der Waals surface area contributed by atoms with Gasteiger partial charge in [0, 0.05) is 22.6 Å². The van der Waals surface area contributed by atoms with Crippen LogP contribution in [0.4, 0.5) is 0 Å². The van der Waals surface area contributed by atoms with Crippen molar-refractivity contribution in [3.63, 3.8) is 0 Å². The smallest absolute Gasteiger partial charge is 0.188 e. The second-order valence-electron chi connectivity index (χ2n) is 6.94. The predicted octanol–water partition coefficient (Wildman–Crippen LogP) is 5.63. The number of Topliss-reactive ketones (excluding diaryl/α,β-unsaturated/α-hetero) is 3. The highest BCUT2D eigenvalue weighted by atomic mass is 79.9. The van der Waals surface area contributed by atoms with Crippen LogP contribution in [-0.4, -0.2) is 26.5 Å². The maximum absolute atomic E-state index is 13.4. The van der Waals surface area contributed by atoms with Crippen LogP contribution >= 0.6 is 31.9 Å². The number of rotatable bonds is 5. The monoisotopic (exact) mass is 510 g/mol. The average Bonchev–Trinajstić information content (AvgIpc) is 2.96. The Balaban J connectivity index is 1.86. The number of fused-ring (bicyclic) bond motifs is 1. The molecule has 0 fully saturated rings. The normalized spacial score (nSPS) is 16.9. The average molecular weight is 512 g/mol. The Hall–Kier alpha value is -2.37. The molecule has 0 aromatic heterocycles. The molecule has 0 spiro atoms. The summed E-state index contributed by atoms with van der Waals surface area (Å²) in [6.07, 6.45) is 0. The summed E-state index contributed by atoms with van der Waals surface area (Å²) in [6, 6.07) is 24.9. The Labute approximate surface area is 185 Å². The van der Waals surface area contributed by atoms with Crippen molar-refractivity contribution in [1.29, 1.82) is 0 Å². The van der Waals surface area contributed by atoms with Gasteiger partial charge in [-0.3, -0.25) is 14.4 Å². The minimum Gasteiger partial charge on any atom is -0.293 e. The van der Waals surface area contributed by atoms with Crippen LogP contribution in [0.5, 0.6) is 0 Å². The first-order valence-electron chi connectivity index (χ1n) is 9.12. The summed E-state index contributed by atoms with van der Waals surface area (Å²) in [5.74, 6) is -1.56. The quantitative estimate of drug-likeness (QED) is 0.253. The van der Waals surface area contributed by atoms with Crippen LogP contribution in [0.25, 0.3) is 0 Å². The third-order valence-electron chi connectivity index (χ3n) is 5.27. The fraction of sp³-hybridized carbons (Fsp3) is 0.125. The Morgan fingerprint density at radius 2 is 1.17 bits per heavy atom. The lowest BCUT2D eigenvalue weighted by atomic mass is 9.78. The Bertz CT molecular complexity index is 1060. The third-order valence-corrected chi connectivity index (χ3v) is 7.42. The topological polar surface area (TPSA) is 51.2 Å². The molecule has 0 bridgehead atoms. The molecule has 3 aromatic carbocycles. The first-order chi connectivity index (χ1) is 14.0. The Morgan fingerprint density at radius 1 is 0.724 bits per heavy atom. The van der Waals surface area contributed by atoms with Crippen molar-refractivity contribution in [2.24, 2.45) is 0 Å². The number of alkyl halides is 2.